The van der Waals surface area contributed by atoms with Crippen LogP contribution in [0, 0.1) is 0 Å². The van der Waals surface area contributed by atoms with Gasteiger partial charge in [0.15, 0.2) is 5.96 Å². The normalized spacial score (nSPS) is 25.2. The lowest BCUT2D eigenvalue weighted by Gasteiger charge is -2.43. The lowest BCUT2D eigenvalue weighted by atomic mass is 9.95. The number of nitrogens with zero attached hydrogens (tertiary/aromatic N) is 3. The monoisotopic (exact) mass is 468 g/mol. The van der Waals surface area contributed by atoms with Crippen molar-refractivity contribution in [1.82, 2.24) is 15.1 Å². The molecule has 0 bridgehead atoms. The fourth-order valence-electron chi connectivity index (χ4n) is 3.34. The van der Waals surface area contributed by atoms with Crippen LogP contribution in [-0.4, -0.2) is 86.3 Å². The smallest absolute Gasteiger partial charge is 0.193 e. The molecule has 140 valence electrons. The Morgan fingerprint density at radius 2 is 2.21 bits per heavy atom. The Labute approximate surface area is 168 Å². The second-order valence-corrected chi connectivity index (χ2v) is 7.48. The van der Waals surface area contributed by atoms with Crippen LogP contribution in [0.4, 0.5) is 0 Å². The fourth-order valence-corrected chi connectivity index (χ4v) is 4.82. The summed E-state index contributed by atoms with van der Waals surface area (Å²) in [6.45, 7) is 9.60. The number of morpholine rings is 1. The summed E-state index contributed by atoms with van der Waals surface area (Å²) in [4.78, 5) is 9.31. The fraction of sp³-hybridized carbons (Fsp3) is 0.824. The van der Waals surface area contributed by atoms with Gasteiger partial charge in [-0.2, -0.15) is 11.8 Å². The third-order valence-electron chi connectivity index (χ3n) is 4.82. The largest absolute Gasteiger partial charge is 0.379 e. The Bertz CT molecular complexity index is 396. The highest BCUT2D eigenvalue weighted by atomic mass is 127. The van der Waals surface area contributed by atoms with Gasteiger partial charge in [-0.25, -0.2) is 0 Å². The number of thioether (sulfide) groups is 1. The molecule has 0 amide bonds. The standard InChI is InChI=1S/C17H32N4OS.HI/c1-4-5-6-8-20(3)16(18-2)19-14-17(7-13-23-15-17)21-9-11-22-12-10-21;/h4H,1,5-15H2,2-3H3,(H,18,19);1H. The maximum Gasteiger partial charge on any atom is 0.193 e. The number of ether oxygens (including phenoxy) is 1. The van der Waals surface area contributed by atoms with Crippen LogP contribution in [0.15, 0.2) is 17.6 Å². The van der Waals surface area contributed by atoms with E-state index in [1.807, 2.05) is 13.1 Å². The Balaban J connectivity index is 0.00000288. The molecule has 2 rings (SSSR count). The second-order valence-electron chi connectivity index (χ2n) is 6.38. The highest BCUT2D eigenvalue weighted by Gasteiger charge is 2.40. The first kappa shape index (κ1) is 22.1. The van der Waals surface area contributed by atoms with Crippen LogP contribution in [0.3, 0.4) is 0 Å². The van der Waals surface area contributed by atoms with E-state index in [0.717, 1.165) is 58.2 Å². The molecule has 1 atom stereocenters. The summed E-state index contributed by atoms with van der Waals surface area (Å²) < 4.78 is 5.54. The molecule has 7 heteroatoms. The Hall–Kier alpha value is 0.01000. The highest BCUT2D eigenvalue weighted by molar-refractivity contribution is 14.0. The van der Waals surface area contributed by atoms with Crippen molar-refractivity contribution in [2.24, 2.45) is 4.99 Å². The Morgan fingerprint density at radius 3 is 2.79 bits per heavy atom. The summed E-state index contributed by atoms with van der Waals surface area (Å²) >= 11 is 2.07. The van der Waals surface area contributed by atoms with Crippen molar-refractivity contribution in [2.75, 3.05) is 65.0 Å². The van der Waals surface area contributed by atoms with Crippen LogP contribution < -0.4 is 5.32 Å². The van der Waals surface area contributed by atoms with E-state index < -0.39 is 0 Å². The van der Waals surface area contributed by atoms with Crippen molar-refractivity contribution < 1.29 is 4.74 Å². The number of hydrogen-bond donors (Lipinski definition) is 1. The molecule has 0 spiro atoms. The SMILES string of the molecule is C=CCCCN(C)C(=NC)NCC1(N2CCOCC2)CCSC1.I. The van der Waals surface area contributed by atoms with E-state index >= 15 is 0 Å². The summed E-state index contributed by atoms with van der Waals surface area (Å²) in [5.74, 6) is 3.46. The number of aliphatic imine (C=N–C) groups is 1. The topological polar surface area (TPSA) is 40.1 Å². The van der Waals surface area contributed by atoms with Crippen molar-refractivity contribution >= 4 is 41.7 Å². The van der Waals surface area contributed by atoms with E-state index in [1.54, 1.807) is 0 Å². The average molecular weight is 468 g/mol. The zero-order valence-electron chi connectivity index (χ0n) is 15.1. The van der Waals surface area contributed by atoms with Crippen molar-refractivity contribution in [3.05, 3.63) is 12.7 Å². The number of guanidine groups is 1. The van der Waals surface area contributed by atoms with Crippen molar-refractivity contribution in [2.45, 2.75) is 24.8 Å². The molecule has 2 heterocycles. The molecular weight excluding hydrogens is 435 g/mol. The van der Waals surface area contributed by atoms with Crippen LogP contribution in [0.5, 0.6) is 0 Å². The zero-order chi connectivity index (χ0) is 16.5. The number of unbranched alkanes of at least 4 members (excludes halogenated alkanes) is 1. The molecule has 2 aliphatic rings. The number of nitrogens with one attached hydrogen (secondary N) is 1. The van der Waals surface area contributed by atoms with Gasteiger partial charge in [0.05, 0.1) is 13.2 Å². The minimum Gasteiger partial charge on any atom is -0.379 e. The summed E-state index contributed by atoms with van der Waals surface area (Å²) in [5.41, 5.74) is 0.256. The van der Waals surface area contributed by atoms with Crippen LogP contribution in [0.2, 0.25) is 0 Å². The minimum absolute atomic E-state index is 0. The predicted octanol–water partition coefficient (Wildman–Crippen LogP) is 2.29. The molecule has 5 nitrogen and oxygen atoms in total. The number of allylic oxidation sites excluding steroid dienone is 1. The molecular formula is C17H33IN4OS. The molecule has 2 fully saturated rings. The second kappa shape index (κ2) is 11.6. The molecule has 0 aromatic heterocycles. The van der Waals surface area contributed by atoms with Gasteiger partial charge in [-0.05, 0) is 25.0 Å². The van der Waals surface area contributed by atoms with E-state index in [1.165, 1.54) is 17.9 Å². The average Bonchev–Trinajstić information content (AvgIpc) is 3.07. The van der Waals surface area contributed by atoms with Crippen LogP contribution >= 0.6 is 35.7 Å². The molecule has 24 heavy (non-hydrogen) atoms. The lowest BCUT2D eigenvalue weighted by molar-refractivity contribution is -0.0121. The quantitative estimate of drug-likeness (QED) is 0.204. The minimum atomic E-state index is 0. The van der Waals surface area contributed by atoms with E-state index in [4.69, 9.17) is 4.74 Å². The third kappa shape index (κ3) is 6.07. The predicted molar refractivity (Wildman–Crippen MR) is 116 cm³/mol. The molecule has 0 aromatic carbocycles. The number of halogens is 1. The van der Waals surface area contributed by atoms with Gasteiger partial charge in [-0.1, -0.05) is 6.08 Å². The summed E-state index contributed by atoms with van der Waals surface area (Å²) in [5, 5.41) is 3.63. The van der Waals surface area contributed by atoms with Gasteiger partial charge in [0.2, 0.25) is 0 Å². The van der Waals surface area contributed by atoms with E-state index in [0.29, 0.717) is 0 Å². The first-order valence-corrected chi connectivity index (χ1v) is 9.80. The third-order valence-corrected chi connectivity index (χ3v) is 6.05. The van der Waals surface area contributed by atoms with Gasteiger partial charge >= 0.3 is 0 Å². The summed E-state index contributed by atoms with van der Waals surface area (Å²) in [7, 11) is 3.99. The summed E-state index contributed by atoms with van der Waals surface area (Å²) in [6, 6.07) is 0. The molecule has 2 aliphatic heterocycles. The lowest BCUT2D eigenvalue weighted by Crippen LogP contribution is -2.60. The van der Waals surface area contributed by atoms with Crippen LogP contribution in [0.25, 0.3) is 0 Å². The van der Waals surface area contributed by atoms with Gasteiger partial charge in [-0.15, -0.1) is 30.6 Å². The van der Waals surface area contributed by atoms with Gasteiger partial charge in [0, 0.05) is 51.6 Å². The molecule has 2 saturated heterocycles. The first-order chi connectivity index (χ1) is 11.2. The van der Waals surface area contributed by atoms with E-state index in [2.05, 4.69) is 45.5 Å². The Morgan fingerprint density at radius 1 is 1.46 bits per heavy atom. The summed E-state index contributed by atoms with van der Waals surface area (Å²) in [6.07, 6.45) is 5.40. The van der Waals surface area contributed by atoms with Crippen LogP contribution in [0.1, 0.15) is 19.3 Å². The van der Waals surface area contributed by atoms with Gasteiger partial charge in [-0.3, -0.25) is 9.89 Å². The highest BCUT2D eigenvalue weighted by Crippen LogP contribution is 2.33. The number of hydrogen-bond acceptors (Lipinski definition) is 4. The van der Waals surface area contributed by atoms with Gasteiger partial charge < -0.3 is 15.0 Å². The molecule has 1 unspecified atom stereocenters. The molecule has 0 saturated carbocycles. The van der Waals surface area contributed by atoms with Crippen molar-refractivity contribution in [3.8, 4) is 0 Å². The first-order valence-electron chi connectivity index (χ1n) is 8.65. The Kier molecular flexibility index (Phi) is 10.7. The maximum absolute atomic E-state index is 5.54. The van der Waals surface area contributed by atoms with Crippen LogP contribution in [-0.2, 0) is 4.74 Å². The maximum atomic E-state index is 5.54. The van der Waals surface area contributed by atoms with Crippen molar-refractivity contribution in [3.63, 3.8) is 0 Å². The molecule has 1 N–H and O–H groups in total. The van der Waals surface area contributed by atoms with Crippen molar-refractivity contribution in [1.29, 1.82) is 0 Å². The van der Waals surface area contributed by atoms with E-state index in [-0.39, 0.29) is 29.5 Å². The van der Waals surface area contributed by atoms with Gasteiger partial charge in [0.1, 0.15) is 0 Å². The molecule has 0 aliphatic carbocycles. The molecule has 0 radical (unpaired) electrons. The van der Waals surface area contributed by atoms with E-state index in [9.17, 15) is 0 Å². The zero-order valence-corrected chi connectivity index (χ0v) is 18.3. The molecule has 0 aromatic rings. The number of rotatable bonds is 7. The van der Waals surface area contributed by atoms with Gasteiger partial charge in [0.25, 0.3) is 0 Å².